The van der Waals surface area contributed by atoms with E-state index in [1.165, 1.54) is 11.1 Å². The molecule has 70 valence electrons. The summed E-state index contributed by atoms with van der Waals surface area (Å²) in [5.41, 5.74) is 9.09. The maximum absolute atomic E-state index is 6.17. The van der Waals surface area contributed by atoms with E-state index >= 15 is 0 Å². The molecule has 13 heavy (non-hydrogen) atoms. The predicted molar refractivity (Wildman–Crippen MR) is 58.6 cm³/mol. The molecule has 1 atom stereocenters. The molecule has 1 aliphatic carbocycles. The third-order valence-corrected chi connectivity index (χ3v) is 3.42. The zero-order chi connectivity index (χ0) is 9.64. The zero-order valence-corrected chi connectivity index (χ0v) is 9.56. The van der Waals surface area contributed by atoms with Crippen molar-refractivity contribution in [2.24, 2.45) is 11.1 Å². The van der Waals surface area contributed by atoms with Gasteiger partial charge in [-0.25, -0.2) is 0 Å². The van der Waals surface area contributed by atoms with Gasteiger partial charge >= 0.3 is 0 Å². The van der Waals surface area contributed by atoms with Crippen LogP contribution in [0.1, 0.15) is 31.0 Å². The molecule has 0 saturated carbocycles. The van der Waals surface area contributed by atoms with Crippen LogP contribution >= 0.6 is 15.9 Å². The Kier molecular flexibility index (Phi) is 2.00. The van der Waals surface area contributed by atoms with Gasteiger partial charge in [-0.05, 0) is 35.1 Å². The molecule has 2 heteroatoms. The average molecular weight is 240 g/mol. The highest BCUT2D eigenvalue weighted by atomic mass is 79.9. The van der Waals surface area contributed by atoms with E-state index in [2.05, 4.69) is 48.0 Å². The van der Waals surface area contributed by atoms with Crippen molar-refractivity contribution < 1.29 is 0 Å². The SMILES string of the molecule is CC1(C)Cc2ccc(Br)cc2[C@@H]1N. The van der Waals surface area contributed by atoms with Gasteiger partial charge in [-0.15, -0.1) is 0 Å². The van der Waals surface area contributed by atoms with Crippen LogP contribution in [0.2, 0.25) is 0 Å². The first kappa shape index (κ1) is 9.22. The molecule has 0 fully saturated rings. The summed E-state index contributed by atoms with van der Waals surface area (Å²) >= 11 is 3.47. The highest BCUT2D eigenvalue weighted by Gasteiger charge is 2.36. The summed E-state index contributed by atoms with van der Waals surface area (Å²) in [5, 5.41) is 0. The standard InChI is InChI=1S/C11H14BrN/c1-11(2)6-7-3-4-8(12)5-9(7)10(11)13/h3-5,10H,6,13H2,1-2H3/t10-/m0/s1. The Morgan fingerprint density at radius 2 is 2.15 bits per heavy atom. The van der Waals surface area contributed by atoms with Gasteiger partial charge in [0.2, 0.25) is 0 Å². The van der Waals surface area contributed by atoms with Crippen LogP contribution in [0.5, 0.6) is 0 Å². The van der Waals surface area contributed by atoms with Crippen LogP contribution in [0.15, 0.2) is 22.7 Å². The van der Waals surface area contributed by atoms with Gasteiger partial charge in [0.1, 0.15) is 0 Å². The Labute approximate surface area is 87.5 Å². The van der Waals surface area contributed by atoms with Gasteiger partial charge in [0.05, 0.1) is 0 Å². The van der Waals surface area contributed by atoms with Gasteiger partial charge in [-0.1, -0.05) is 35.8 Å². The van der Waals surface area contributed by atoms with Crippen molar-refractivity contribution in [1.29, 1.82) is 0 Å². The molecule has 0 radical (unpaired) electrons. The fraction of sp³-hybridized carbons (Fsp3) is 0.455. The normalized spacial score (nSPS) is 24.5. The first-order valence-electron chi connectivity index (χ1n) is 4.54. The minimum atomic E-state index is 0.181. The largest absolute Gasteiger partial charge is 0.323 e. The monoisotopic (exact) mass is 239 g/mol. The molecule has 1 aromatic rings. The Morgan fingerprint density at radius 1 is 1.46 bits per heavy atom. The topological polar surface area (TPSA) is 26.0 Å². The molecule has 0 unspecified atom stereocenters. The molecular formula is C11H14BrN. The van der Waals surface area contributed by atoms with Crippen molar-refractivity contribution in [3.8, 4) is 0 Å². The van der Waals surface area contributed by atoms with E-state index in [9.17, 15) is 0 Å². The number of hydrogen-bond acceptors (Lipinski definition) is 1. The number of fused-ring (bicyclic) bond motifs is 1. The smallest absolute Gasteiger partial charge is 0.0353 e. The molecular weight excluding hydrogens is 226 g/mol. The second-order valence-corrected chi connectivity index (χ2v) is 5.40. The quantitative estimate of drug-likeness (QED) is 0.741. The molecule has 0 heterocycles. The third-order valence-electron chi connectivity index (χ3n) is 2.93. The molecule has 2 N–H and O–H groups in total. The maximum Gasteiger partial charge on any atom is 0.0353 e. The van der Waals surface area contributed by atoms with Gasteiger partial charge in [-0.2, -0.15) is 0 Å². The van der Waals surface area contributed by atoms with Crippen molar-refractivity contribution in [3.05, 3.63) is 33.8 Å². The lowest BCUT2D eigenvalue weighted by Gasteiger charge is -2.23. The molecule has 0 saturated heterocycles. The number of rotatable bonds is 0. The number of benzene rings is 1. The third kappa shape index (κ3) is 1.42. The summed E-state index contributed by atoms with van der Waals surface area (Å²) in [6, 6.07) is 6.59. The van der Waals surface area contributed by atoms with Gasteiger partial charge in [0.25, 0.3) is 0 Å². The van der Waals surface area contributed by atoms with Crippen molar-refractivity contribution in [3.63, 3.8) is 0 Å². The lowest BCUT2D eigenvalue weighted by atomic mass is 9.86. The van der Waals surface area contributed by atoms with Crippen LogP contribution in [-0.4, -0.2) is 0 Å². The Bertz CT molecular complexity index is 344. The number of nitrogens with two attached hydrogens (primary N) is 1. The summed E-state index contributed by atoms with van der Waals surface area (Å²) < 4.78 is 1.12. The van der Waals surface area contributed by atoms with E-state index in [1.54, 1.807) is 0 Å². The van der Waals surface area contributed by atoms with Crippen LogP contribution in [0.25, 0.3) is 0 Å². The summed E-state index contributed by atoms with van der Waals surface area (Å²) in [7, 11) is 0. The van der Waals surface area contributed by atoms with Gasteiger partial charge < -0.3 is 5.73 Å². The van der Waals surface area contributed by atoms with Crippen molar-refractivity contribution in [1.82, 2.24) is 0 Å². The fourth-order valence-corrected chi connectivity index (χ4v) is 2.42. The summed E-state index contributed by atoms with van der Waals surface area (Å²) in [6.45, 7) is 4.46. The Balaban J connectivity index is 2.51. The van der Waals surface area contributed by atoms with E-state index in [0.717, 1.165) is 10.9 Å². The first-order chi connectivity index (χ1) is 6.00. The van der Waals surface area contributed by atoms with E-state index < -0.39 is 0 Å². The molecule has 0 spiro atoms. The van der Waals surface area contributed by atoms with Crippen molar-refractivity contribution in [2.75, 3.05) is 0 Å². The highest BCUT2D eigenvalue weighted by molar-refractivity contribution is 9.10. The highest BCUT2D eigenvalue weighted by Crippen LogP contribution is 2.44. The summed E-state index contributed by atoms with van der Waals surface area (Å²) in [5.74, 6) is 0. The Morgan fingerprint density at radius 3 is 2.85 bits per heavy atom. The minimum Gasteiger partial charge on any atom is -0.323 e. The van der Waals surface area contributed by atoms with E-state index in [4.69, 9.17) is 5.73 Å². The summed E-state index contributed by atoms with van der Waals surface area (Å²) in [4.78, 5) is 0. The lowest BCUT2D eigenvalue weighted by molar-refractivity contribution is 0.319. The Hall–Kier alpha value is -0.340. The lowest BCUT2D eigenvalue weighted by Crippen LogP contribution is -2.24. The fourth-order valence-electron chi connectivity index (χ4n) is 2.04. The zero-order valence-electron chi connectivity index (χ0n) is 7.97. The van der Waals surface area contributed by atoms with Crippen LogP contribution in [0, 0.1) is 5.41 Å². The van der Waals surface area contributed by atoms with E-state index in [0.29, 0.717) is 0 Å². The molecule has 1 nitrogen and oxygen atoms in total. The summed E-state index contributed by atoms with van der Waals surface area (Å²) in [6.07, 6.45) is 1.09. The molecule has 1 aliphatic rings. The van der Waals surface area contributed by atoms with E-state index in [1.807, 2.05) is 0 Å². The molecule has 0 aliphatic heterocycles. The van der Waals surface area contributed by atoms with Crippen LogP contribution in [0.4, 0.5) is 0 Å². The predicted octanol–water partition coefficient (Wildman–Crippen LogP) is 3.03. The van der Waals surface area contributed by atoms with Gasteiger partial charge in [-0.3, -0.25) is 0 Å². The van der Waals surface area contributed by atoms with Crippen molar-refractivity contribution >= 4 is 15.9 Å². The second kappa shape index (κ2) is 2.82. The van der Waals surface area contributed by atoms with Crippen LogP contribution in [0.3, 0.4) is 0 Å². The minimum absolute atomic E-state index is 0.181. The maximum atomic E-state index is 6.17. The second-order valence-electron chi connectivity index (χ2n) is 4.49. The first-order valence-corrected chi connectivity index (χ1v) is 5.34. The molecule has 0 amide bonds. The molecule has 1 aromatic carbocycles. The van der Waals surface area contributed by atoms with Gasteiger partial charge in [0.15, 0.2) is 0 Å². The average Bonchev–Trinajstić information content (AvgIpc) is 2.26. The van der Waals surface area contributed by atoms with Crippen LogP contribution in [-0.2, 0) is 6.42 Å². The molecule has 0 bridgehead atoms. The molecule has 0 aromatic heterocycles. The van der Waals surface area contributed by atoms with Crippen molar-refractivity contribution in [2.45, 2.75) is 26.3 Å². The number of halogens is 1. The van der Waals surface area contributed by atoms with E-state index in [-0.39, 0.29) is 11.5 Å². The molecule has 2 rings (SSSR count). The van der Waals surface area contributed by atoms with Gasteiger partial charge in [0, 0.05) is 10.5 Å². The number of hydrogen-bond donors (Lipinski definition) is 1. The van der Waals surface area contributed by atoms with Crippen LogP contribution < -0.4 is 5.73 Å².